The van der Waals surface area contributed by atoms with E-state index >= 15 is 0 Å². The fourth-order valence-corrected chi connectivity index (χ4v) is 1.73. The summed E-state index contributed by atoms with van der Waals surface area (Å²) in [7, 11) is 1.36. The lowest BCUT2D eigenvalue weighted by Gasteiger charge is -2.19. The van der Waals surface area contributed by atoms with Gasteiger partial charge in [-0.3, -0.25) is 10.1 Å². The van der Waals surface area contributed by atoms with Gasteiger partial charge in [-0.05, 0) is 26.8 Å². The third-order valence-electron chi connectivity index (χ3n) is 2.70. The number of methoxy groups -OCH3 is 1. The summed E-state index contributed by atoms with van der Waals surface area (Å²) in [5.74, 6) is -0.0864. The molecule has 4 nitrogen and oxygen atoms in total. The zero-order chi connectivity index (χ0) is 13.0. The van der Waals surface area contributed by atoms with E-state index in [1.165, 1.54) is 7.11 Å². The van der Waals surface area contributed by atoms with Crippen LogP contribution < -0.4 is 5.32 Å². The number of carbonyl (C=O) groups excluding carboxylic acids is 1. The van der Waals surface area contributed by atoms with Crippen molar-refractivity contribution in [3.8, 4) is 5.75 Å². The Morgan fingerprint density at radius 1 is 1.41 bits per heavy atom. The molecule has 1 rings (SSSR count). The second-order valence-corrected chi connectivity index (χ2v) is 4.20. The molecule has 1 aromatic carbocycles. The lowest BCUT2D eigenvalue weighted by Crippen LogP contribution is -2.36. The molecule has 0 bridgehead atoms. The van der Waals surface area contributed by atoms with Crippen molar-refractivity contribution in [2.45, 2.75) is 32.9 Å². The van der Waals surface area contributed by atoms with Gasteiger partial charge in [-0.2, -0.15) is 0 Å². The summed E-state index contributed by atoms with van der Waals surface area (Å²) in [6.45, 7) is 5.59. The van der Waals surface area contributed by atoms with Gasteiger partial charge in [0.2, 0.25) is 0 Å². The van der Waals surface area contributed by atoms with Gasteiger partial charge in [0.05, 0.1) is 7.11 Å². The van der Waals surface area contributed by atoms with Crippen LogP contribution in [-0.4, -0.2) is 24.2 Å². The SMILES string of the molecule is COC(=O)[C@H](C)NC(C)c1cc(C)ccc1O. The molecule has 0 aliphatic carbocycles. The van der Waals surface area contributed by atoms with Crippen LogP contribution in [0.3, 0.4) is 0 Å². The number of phenols is 1. The number of ether oxygens (including phenoxy) is 1. The van der Waals surface area contributed by atoms with Crippen LogP contribution in [0, 0.1) is 6.92 Å². The first-order chi connectivity index (χ1) is 7.95. The van der Waals surface area contributed by atoms with Crippen LogP contribution in [0.2, 0.25) is 0 Å². The van der Waals surface area contributed by atoms with Crippen molar-refractivity contribution in [2.75, 3.05) is 7.11 Å². The predicted molar refractivity (Wildman–Crippen MR) is 65.9 cm³/mol. The summed E-state index contributed by atoms with van der Waals surface area (Å²) < 4.78 is 4.64. The molecule has 0 amide bonds. The minimum absolute atomic E-state index is 0.121. The molecule has 2 atom stereocenters. The Morgan fingerprint density at radius 3 is 2.65 bits per heavy atom. The quantitative estimate of drug-likeness (QED) is 0.785. The molecule has 0 aliphatic heterocycles. The predicted octanol–water partition coefficient (Wildman–Crippen LogP) is 1.91. The van der Waals surface area contributed by atoms with Crippen LogP contribution >= 0.6 is 0 Å². The lowest BCUT2D eigenvalue weighted by atomic mass is 10.0. The van der Waals surface area contributed by atoms with Crippen LogP contribution in [0.15, 0.2) is 18.2 Å². The number of hydrogen-bond acceptors (Lipinski definition) is 4. The largest absolute Gasteiger partial charge is 0.508 e. The Balaban J connectivity index is 2.79. The summed E-state index contributed by atoms with van der Waals surface area (Å²) in [4.78, 5) is 11.3. The molecule has 4 heteroatoms. The molecule has 2 N–H and O–H groups in total. The summed E-state index contributed by atoms with van der Waals surface area (Å²) >= 11 is 0. The zero-order valence-corrected chi connectivity index (χ0v) is 10.7. The fourth-order valence-electron chi connectivity index (χ4n) is 1.73. The van der Waals surface area contributed by atoms with E-state index in [9.17, 15) is 9.90 Å². The Hall–Kier alpha value is -1.55. The van der Waals surface area contributed by atoms with E-state index in [2.05, 4.69) is 10.1 Å². The monoisotopic (exact) mass is 237 g/mol. The smallest absolute Gasteiger partial charge is 0.322 e. The molecule has 0 heterocycles. The molecular weight excluding hydrogens is 218 g/mol. The van der Waals surface area contributed by atoms with E-state index in [0.717, 1.165) is 11.1 Å². The van der Waals surface area contributed by atoms with E-state index in [4.69, 9.17) is 0 Å². The maximum absolute atomic E-state index is 11.3. The highest BCUT2D eigenvalue weighted by atomic mass is 16.5. The molecule has 0 saturated carbocycles. The maximum atomic E-state index is 11.3. The lowest BCUT2D eigenvalue weighted by molar-refractivity contribution is -0.142. The molecule has 0 saturated heterocycles. The first-order valence-electron chi connectivity index (χ1n) is 5.59. The standard InChI is InChI=1S/C13H19NO3/c1-8-5-6-12(15)11(7-8)9(2)14-10(3)13(16)17-4/h5-7,9-10,14-15H,1-4H3/t9?,10-/m0/s1. The van der Waals surface area contributed by atoms with Crippen LogP contribution in [0.1, 0.15) is 31.0 Å². The number of nitrogens with one attached hydrogen (secondary N) is 1. The Labute approximate surface area is 102 Å². The van der Waals surface area contributed by atoms with E-state index in [1.54, 1.807) is 13.0 Å². The minimum Gasteiger partial charge on any atom is -0.508 e. The van der Waals surface area contributed by atoms with E-state index in [0.29, 0.717) is 0 Å². The number of carbonyl (C=O) groups is 1. The highest BCUT2D eigenvalue weighted by Gasteiger charge is 2.18. The number of rotatable bonds is 4. The molecule has 17 heavy (non-hydrogen) atoms. The van der Waals surface area contributed by atoms with E-state index in [1.807, 2.05) is 26.0 Å². The molecule has 0 fully saturated rings. The van der Waals surface area contributed by atoms with Gasteiger partial charge in [-0.15, -0.1) is 0 Å². The molecule has 0 spiro atoms. The van der Waals surface area contributed by atoms with Crippen molar-refractivity contribution in [3.63, 3.8) is 0 Å². The normalized spacial score (nSPS) is 14.1. The molecular formula is C13H19NO3. The van der Waals surface area contributed by atoms with Gasteiger partial charge in [-0.1, -0.05) is 17.7 Å². The fraction of sp³-hybridized carbons (Fsp3) is 0.462. The molecule has 1 unspecified atom stereocenters. The van der Waals surface area contributed by atoms with Crippen LogP contribution in [0.5, 0.6) is 5.75 Å². The number of phenolic OH excluding ortho intramolecular Hbond substituents is 1. The van der Waals surface area contributed by atoms with Gasteiger partial charge in [0.15, 0.2) is 0 Å². The number of benzene rings is 1. The Bertz CT molecular complexity index is 404. The maximum Gasteiger partial charge on any atom is 0.322 e. The molecule has 1 aromatic rings. The third kappa shape index (κ3) is 3.46. The van der Waals surface area contributed by atoms with Crippen molar-refractivity contribution < 1.29 is 14.6 Å². The first-order valence-corrected chi connectivity index (χ1v) is 5.59. The number of aromatic hydroxyl groups is 1. The van der Waals surface area contributed by atoms with Crippen molar-refractivity contribution in [1.29, 1.82) is 0 Å². The van der Waals surface area contributed by atoms with Gasteiger partial charge >= 0.3 is 5.97 Å². The highest BCUT2D eigenvalue weighted by Crippen LogP contribution is 2.25. The van der Waals surface area contributed by atoms with Crippen molar-refractivity contribution in [3.05, 3.63) is 29.3 Å². The van der Waals surface area contributed by atoms with Gasteiger partial charge in [-0.25, -0.2) is 0 Å². The summed E-state index contributed by atoms with van der Waals surface area (Å²) in [6, 6.07) is 4.87. The third-order valence-corrected chi connectivity index (χ3v) is 2.70. The van der Waals surface area contributed by atoms with Gasteiger partial charge in [0, 0.05) is 11.6 Å². The van der Waals surface area contributed by atoms with Gasteiger partial charge in [0.25, 0.3) is 0 Å². The van der Waals surface area contributed by atoms with Crippen molar-refractivity contribution in [1.82, 2.24) is 5.32 Å². The molecule has 0 radical (unpaired) electrons. The number of hydrogen-bond donors (Lipinski definition) is 2. The second kappa shape index (κ2) is 5.68. The summed E-state index contributed by atoms with van der Waals surface area (Å²) in [5, 5.41) is 12.8. The minimum atomic E-state index is -0.407. The van der Waals surface area contributed by atoms with Gasteiger partial charge in [0.1, 0.15) is 11.8 Å². The van der Waals surface area contributed by atoms with Crippen molar-refractivity contribution >= 4 is 5.97 Å². The summed E-state index contributed by atoms with van der Waals surface area (Å²) in [6.07, 6.45) is 0. The Morgan fingerprint density at radius 2 is 2.06 bits per heavy atom. The van der Waals surface area contributed by atoms with Crippen LogP contribution in [0.4, 0.5) is 0 Å². The molecule has 94 valence electrons. The first kappa shape index (κ1) is 13.5. The average Bonchev–Trinajstić information content (AvgIpc) is 2.30. The van der Waals surface area contributed by atoms with E-state index < -0.39 is 6.04 Å². The average molecular weight is 237 g/mol. The second-order valence-electron chi connectivity index (χ2n) is 4.20. The molecule has 0 aliphatic rings. The van der Waals surface area contributed by atoms with Crippen LogP contribution in [0.25, 0.3) is 0 Å². The number of esters is 1. The highest BCUT2D eigenvalue weighted by molar-refractivity contribution is 5.75. The van der Waals surface area contributed by atoms with Crippen molar-refractivity contribution in [2.24, 2.45) is 0 Å². The topological polar surface area (TPSA) is 58.6 Å². The zero-order valence-electron chi connectivity index (χ0n) is 10.7. The molecule has 0 aromatic heterocycles. The number of aryl methyl sites for hydroxylation is 1. The van der Waals surface area contributed by atoms with E-state index in [-0.39, 0.29) is 17.8 Å². The summed E-state index contributed by atoms with van der Waals surface area (Å²) in [5.41, 5.74) is 1.85. The van der Waals surface area contributed by atoms with Gasteiger partial charge < -0.3 is 9.84 Å². The Kier molecular flexibility index (Phi) is 4.52. The van der Waals surface area contributed by atoms with Crippen LogP contribution in [-0.2, 0) is 9.53 Å².